The zero-order valence-electron chi connectivity index (χ0n) is 12.2. The molecule has 104 valence electrons. The lowest BCUT2D eigenvalue weighted by atomic mass is 9.98. The van der Waals surface area contributed by atoms with Crippen molar-refractivity contribution in [1.82, 2.24) is 20.4 Å². The van der Waals surface area contributed by atoms with Crippen molar-refractivity contribution >= 4 is 0 Å². The van der Waals surface area contributed by atoms with Crippen LogP contribution in [0.25, 0.3) is 0 Å². The average molecular weight is 254 g/mol. The van der Waals surface area contributed by atoms with Crippen molar-refractivity contribution in [3.8, 4) is 0 Å². The summed E-state index contributed by atoms with van der Waals surface area (Å²) in [7, 11) is 4.00. The predicted molar refractivity (Wildman–Crippen MR) is 72.5 cm³/mol. The largest absolute Gasteiger partial charge is 0.339 e. The summed E-state index contributed by atoms with van der Waals surface area (Å²) in [6.07, 6.45) is 2.14. The van der Waals surface area contributed by atoms with Gasteiger partial charge in [-0.25, -0.2) is 0 Å². The molecule has 2 atom stereocenters. The minimum atomic E-state index is 0.292. The third kappa shape index (κ3) is 4.38. The Labute approximate surface area is 110 Å². The van der Waals surface area contributed by atoms with Crippen molar-refractivity contribution in [2.45, 2.75) is 52.1 Å². The minimum absolute atomic E-state index is 0.292. The van der Waals surface area contributed by atoms with E-state index in [1.165, 1.54) is 0 Å². The quantitative estimate of drug-likeness (QED) is 0.769. The first kappa shape index (κ1) is 15.1. The van der Waals surface area contributed by atoms with Gasteiger partial charge in [0.2, 0.25) is 5.89 Å². The Bertz CT molecular complexity index is 337. The van der Waals surface area contributed by atoms with Crippen LogP contribution in [-0.4, -0.2) is 41.7 Å². The van der Waals surface area contributed by atoms with E-state index in [1.807, 2.05) is 19.0 Å². The summed E-state index contributed by atoms with van der Waals surface area (Å²) >= 11 is 0. The van der Waals surface area contributed by atoms with E-state index in [4.69, 9.17) is 4.52 Å². The number of aromatic nitrogens is 2. The van der Waals surface area contributed by atoms with Crippen molar-refractivity contribution in [2.75, 3.05) is 20.6 Å². The van der Waals surface area contributed by atoms with Gasteiger partial charge in [0.15, 0.2) is 5.82 Å². The molecule has 2 unspecified atom stereocenters. The maximum absolute atomic E-state index is 5.39. The van der Waals surface area contributed by atoms with Crippen molar-refractivity contribution < 1.29 is 4.52 Å². The van der Waals surface area contributed by atoms with Gasteiger partial charge >= 0.3 is 0 Å². The van der Waals surface area contributed by atoms with Crippen molar-refractivity contribution in [3.05, 3.63) is 11.7 Å². The van der Waals surface area contributed by atoms with Crippen LogP contribution in [0.2, 0.25) is 0 Å². The van der Waals surface area contributed by atoms with Gasteiger partial charge in [0.05, 0.1) is 12.5 Å². The van der Waals surface area contributed by atoms with Crippen molar-refractivity contribution in [3.63, 3.8) is 0 Å². The van der Waals surface area contributed by atoms with E-state index in [-0.39, 0.29) is 0 Å². The molecule has 0 aliphatic carbocycles. The highest BCUT2D eigenvalue weighted by Crippen LogP contribution is 2.21. The standard InChI is InChI=1S/C13H26N4O/c1-6-8-14-10(3)11(7-2)13-15-12(16-18-13)9-17(4)5/h10-11,14H,6-9H2,1-5H3. The van der Waals surface area contributed by atoms with E-state index in [0.29, 0.717) is 12.0 Å². The van der Waals surface area contributed by atoms with Crippen molar-refractivity contribution in [2.24, 2.45) is 0 Å². The molecule has 1 heterocycles. The van der Waals surface area contributed by atoms with Gasteiger partial charge in [0.25, 0.3) is 0 Å². The highest BCUT2D eigenvalue weighted by Gasteiger charge is 2.23. The van der Waals surface area contributed by atoms with Crippen LogP contribution in [0.4, 0.5) is 0 Å². The smallest absolute Gasteiger partial charge is 0.231 e. The molecule has 0 bridgehead atoms. The molecular weight excluding hydrogens is 228 g/mol. The Balaban J connectivity index is 2.66. The molecule has 1 aromatic rings. The van der Waals surface area contributed by atoms with Crippen LogP contribution in [0.5, 0.6) is 0 Å². The molecule has 0 radical (unpaired) electrons. The molecular formula is C13H26N4O. The number of rotatable bonds is 8. The summed E-state index contributed by atoms with van der Waals surface area (Å²) in [5.74, 6) is 1.81. The first-order valence-corrected chi connectivity index (χ1v) is 6.79. The predicted octanol–water partition coefficient (Wildman–Crippen LogP) is 2.01. The van der Waals surface area contributed by atoms with Gasteiger partial charge in [-0.1, -0.05) is 19.0 Å². The SMILES string of the molecule is CCCNC(C)C(CC)c1nc(CN(C)C)no1. The van der Waals surface area contributed by atoms with Crippen LogP contribution in [0.3, 0.4) is 0 Å². The molecule has 0 aliphatic heterocycles. The highest BCUT2D eigenvalue weighted by atomic mass is 16.5. The Morgan fingerprint density at radius 3 is 2.61 bits per heavy atom. The fourth-order valence-electron chi connectivity index (χ4n) is 2.02. The van der Waals surface area contributed by atoms with Crippen LogP contribution < -0.4 is 5.32 Å². The zero-order valence-corrected chi connectivity index (χ0v) is 12.2. The van der Waals surface area contributed by atoms with E-state index < -0.39 is 0 Å². The van der Waals surface area contributed by atoms with Crippen LogP contribution in [0, 0.1) is 0 Å². The van der Waals surface area contributed by atoms with Gasteiger partial charge in [-0.15, -0.1) is 0 Å². The van der Waals surface area contributed by atoms with E-state index in [2.05, 4.69) is 36.2 Å². The number of hydrogen-bond donors (Lipinski definition) is 1. The van der Waals surface area contributed by atoms with E-state index in [9.17, 15) is 0 Å². The minimum Gasteiger partial charge on any atom is -0.339 e. The highest BCUT2D eigenvalue weighted by molar-refractivity contribution is 4.98. The lowest BCUT2D eigenvalue weighted by Crippen LogP contribution is -2.32. The van der Waals surface area contributed by atoms with Gasteiger partial charge in [-0.2, -0.15) is 4.98 Å². The van der Waals surface area contributed by atoms with Crippen LogP contribution in [0.15, 0.2) is 4.52 Å². The van der Waals surface area contributed by atoms with Crippen LogP contribution >= 0.6 is 0 Å². The molecule has 0 amide bonds. The van der Waals surface area contributed by atoms with Crippen LogP contribution in [-0.2, 0) is 6.54 Å². The second-order valence-electron chi connectivity index (χ2n) is 5.04. The molecule has 0 fully saturated rings. The number of hydrogen-bond acceptors (Lipinski definition) is 5. The summed E-state index contributed by atoms with van der Waals surface area (Å²) in [5, 5.41) is 7.53. The Kier molecular flexibility index (Phi) is 6.29. The first-order valence-electron chi connectivity index (χ1n) is 6.79. The van der Waals surface area contributed by atoms with Crippen LogP contribution in [0.1, 0.15) is 51.2 Å². The fourth-order valence-corrected chi connectivity index (χ4v) is 2.02. The average Bonchev–Trinajstić information content (AvgIpc) is 2.74. The third-order valence-corrected chi connectivity index (χ3v) is 3.02. The molecule has 5 heteroatoms. The molecule has 0 saturated carbocycles. The molecule has 5 nitrogen and oxygen atoms in total. The maximum atomic E-state index is 5.39. The summed E-state index contributed by atoms with van der Waals surface area (Å²) < 4.78 is 5.39. The summed E-state index contributed by atoms with van der Waals surface area (Å²) in [6.45, 7) is 8.25. The second kappa shape index (κ2) is 7.48. The van der Waals surface area contributed by atoms with Gasteiger partial charge < -0.3 is 14.7 Å². The van der Waals surface area contributed by atoms with Gasteiger partial charge in [-0.05, 0) is 40.4 Å². The molecule has 1 N–H and O–H groups in total. The van der Waals surface area contributed by atoms with Gasteiger partial charge in [0.1, 0.15) is 0 Å². The lowest BCUT2D eigenvalue weighted by molar-refractivity contribution is 0.309. The van der Waals surface area contributed by atoms with Gasteiger partial charge in [-0.3, -0.25) is 0 Å². The van der Waals surface area contributed by atoms with E-state index in [0.717, 1.165) is 37.6 Å². The van der Waals surface area contributed by atoms with Crippen molar-refractivity contribution in [1.29, 1.82) is 0 Å². The monoisotopic (exact) mass is 254 g/mol. The summed E-state index contributed by atoms with van der Waals surface area (Å²) in [6, 6.07) is 0.364. The summed E-state index contributed by atoms with van der Waals surface area (Å²) in [4.78, 5) is 6.53. The zero-order chi connectivity index (χ0) is 13.5. The normalized spacial score (nSPS) is 15.0. The molecule has 0 saturated heterocycles. The van der Waals surface area contributed by atoms with Gasteiger partial charge in [0, 0.05) is 6.04 Å². The Morgan fingerprint density at radius 1 is 1.33 bits per heavy atom. The van der Waals surface area contributed by atoms with E-state index >= 15 is 0 Å². The topological polar surface area (TPSA) is 54.2 Å². The molecule has 1 rings (SSSR count). The third-order valence-electron chi connectivity index (χ3n) is 3.02. The Hall–Kier alpha value is -0.940. The summed E-state index contributed by atoms with van der Waals surface area (Å²) in [5.41, 5.74) is 0. The molecule has 1 aromatic heterocycles. The molecule has 18 heavy (non-hydrogen) atoms. The fraction of sp³-hybridized carbons (Fsp3) is 0.846. The first-order chi connectivity index (χ1) is 8.58. The lowest BCUT2D eigenvalue weighted by Gasteiger charge is -2.20. The maximum Gasteiger partial charge on any atom is 0.231 e. The number of nitrogens with one attached hydrogen (secondary N) is 1. The number of nitrogens with zero attached hydrogens (tertiary/aromatic N) is 3. The van der Waals surface area contributed by atoms with E-state index in [1.54, 1.807) is 0 Å². The second-order valence-corrected chi connectivity index (χ2v) is 5.04. The molecule has 0 aromatic carbocycles. The molecule has 0 aliphatic rings. The Morgan fingerprint density at radius 2 is 2.06 bits per heavy atom. The molecule has 0 spiro atoms.